The van der Waals surface area contributed by atoms with Crippen LogP contribution in [-0.4, -0.2) is 27.0 Å². The van der Waals surface area contributed by atoms with Gasteiger partial charge in [0, 0.05) is 13.6 Å². The maximum atomic E-state index is 10.5. The zero-order valence-electron chi connectivity index (χ0n) is 12.1. The monoisotopic (exact) mass is 266 g/mol. The highest BCUT2D eigenvalue weighted by atomic mass is 16.3. The number of nitrogens with zero attached hydrogens (tertiary/aromatic N) is 2. The Balaban J connectivity index is 2.02. The molecule has 1 aliphatic carbocycles. The molecule has 0 aliphatic heterocycles. The lowest BCUT2D eigenvalue weighted by atomic mass is 9.85. The average molecular weight is 266 g/mol. The minimum absolute atomic E-state index is 0.558. The molecule has 0 radical (unpaired) electrons. The normalized spacial score (nSPS) is 18.5. The first kappa shape index (κ1) is 14.2. The van der Waals surface area contributed by atoms with Crippen molar-refractivity contribution in [1.29, 1.82) is 0 Å². The third-order valence-corrected chi connectivity index (χ3v) is 4.02. The van der Waals surface area contributed by atoms with Gasteiger partial charge in [0.2, 0.25) is 0 Å². The maximum absolute atomic E-state index is 10.5. The zero-order valence-corrected chi connectivity index (χ0v) is 12.1. The summed E-state index contributed by atoms with van der Waals surface area (Å²) in [7, 11) is 1.89. The second-order valence-corrected chi connectivity index (χ2v) is 5.72. The molecule has 1 aromatic heterocycles. The number of rotatable bonds is 5. The molecule has 1 saturated carbocycles. The van der Waals surface area contributed by atoms with Crippen LogP contribution in [0.15, 0.2) is 0 Å². The maximum Gasteiger partial charge on any atom is 0.147 e. The van der Waals surface area contributed by atoms with Crippen LogP contribution in [0, 0.1) is 0 Å². The lowest BCUT2D eigenvalue weighted by Gasteiger charge is -2.32. The topological polar surface area (TPSA) is 76.1 Å². The van der Waals surface area contributed by atoms with Crippen LogP contribution in [0.25, 0.3) is 0 Å². The molecule has 5 heteroatoms. The highest BCUT2D eigenvalue weighted by molar-refractivity contribution is 5.65. The molecular formula is C14H26N4O. The molecule has 0 bridgehead atoms. The smallest absolute Gasteiger partial charge is 0.147 e. The Bertz CT molecular complexity index is 421. The van der Waals surface area contributed by atoms with Gasteiger partial charge in [-0.2, -0.15) is 5.10 Å². The van der Waals surface area contributed by atoms with Crippen molar-refractivity contribution >= 4 is 11.5 Å². The number of hydrogen-bond donors (Lipinski definition) is 3. The van der Waals surface area contributed by atoms with E-state index in [9.17, 15) is 5.11 Å². The number of aryl methyl sites for hydroxylation is 2. The molecule has 108 valence electrons. The summed E-state index contributed by atoms with van der Waals surface area (Å²) in [5.74, 6) is 0.836. The fourth-order valence-corrected chi connectivity index (χ4v) is 2.86. The molecule has 0 saturated heterocycles. The average Bonchev–Trinajstić information content (AvgIpc) is 2.64. The Kier molecular flexibility index (Phi) is 4.34. The molecule has 1 aliphatic rings. The Morgan fingerprint density at radius 1 is 1.37 bits per heavy atom. The molecule has 1 fully saturated rings. The second kappa shape index (κ2) is 5.82. The Morgan fingerprint density at radius 2 is 2.05 bits per heavy atom. The molecule has 0 amide bonds. The van der Waals surface area contributed by atoms with Crippen LogP contribution < -0.4 is 11.1 Å². The molecule has 0 atom stereocenters. The van der Waals surface area contributed by atoms with E-state index in [1.165, 1.54) is 6.42 Å². The fourth-order valence-electron chi connectivity index (χ4n) is 2.86. The summed E-state index contributed by atoms with van der Waals surface area (Å²) in [6.45, 7) is 2.67. The summed E-state index contributed by atoms with van der Waals surface area (Å²) in [6.07, 6.45) is 7.13. The number of aromatic nitrogens is 2. The van der Waals surface area contributed by atoms with Gasteiger partial charge < -0.3 is 16.2 Å². The molecule has 19 heavy (non-hydrogen) atoms. The van der Waals surface area contributed by atoms with Gasteiger partial charge in [0.1, 0.15) is 5.82 Å². The Labute approximate surface area is 115 Å². The van der Waals surface area contributed by atoms with Gasteiger partial charge >= 0.3 is 0 Å². The van der Waals surface area contributed by atoms with Gasteiger partial charge in [-0.1, -0.05) is 32.6 Å². The van der Waals surface area contributed by atoms with Crippen LogP contribution in [0.2, 0.25) is 0 Å². The second-order valence-electron chi connectivity index (χ2n) is 5.72. The summed E-state index contributed by atoms with van der Waals surface area (Å²) < 4.78 is 1.78. The minimum Gasteiger partial charge on any atom is -0.394 e. The van der Waals surface area contributed by atoms with E-state index < -0.39 is 5.60 Å². The zero-order chi connectivity index (χ0) is 13.9. The Morgan fingerprint density at radius 3 is 2.68 bits per heavy atom. The van der Waals surface area contributed by atoms with Crippen LogP contribution >= 0.6 is 0 Å². The molecule has 0 spiro atoms. The first-order chi connectivity index (χ1) is 9.06. The Hall–Kier alpha value is -1.23. The molecule has 5 nitrogen and oxygen atoms in total. The van der Waals surface area contributed by atoms with Gasteiger partial charge in [0.25, 0.3) is 0 Å². The molecule has 4 N–H and O–H groups in total. The van der Waals surface area contributed by atoms with Gasteiger partial charge in [-0.3, -0.25) is 4.68 Å². The largest absolute Gasteiger partial charge is 0.394 e. The number of anilines is 2. The van der Waals surface area contributed by atoms with E-state index in [2.05, 4.69) is 17.3 Å². The van der Waals surface area contributed by atoms with E-state index >= 15 is 0 Å². The molecule has 1 aromatic rings. The predicted molar refractivity (Wildman–Crippen MR) is 78.1 cm³/mol. The summed E-state index contributed by atoms with van der Waals surface area (Å²) in [5.41, 5.74) is 7.21. The standard InChI is InChI=1S/C14H26N4O/c1-3-7-11-12(15)13(18(2)17-11)16-10-14(19)8-5-4-6-9-14/h16,19H,3-10,15H2,1-2H3. The van der Waals surface area contributed by atoms with Crippen LogP contribution in [-0.2, 0) is 13.5 Å². The quantitative estimate of drug-likeness (QED) is 0.762. The number of nitrogens with one attached hydrogen (secondary N) is 1. The van der Waals surface area contributed by atoms with Gasteiger partial charge in [0.15, 0.2) is 0 Å². The van der Waals surface area contributed by atoms with Crippen LogP contribution in [0.1, 0.15) is 51.1 Å². The van der Waals surface area contributed by atoms with Crippen molar-refractivity contribution in [3.63, 3.8) is 0 Å². The predicted octanol–water partition coefficient (Wildman–Crippen LogP) is 2.06. The SMILES string of the molecule is CCCc1nn(C)c(NCC2(O)CCCCC2)c1N. The third kappa shape index (κ3) is 3.21. The highest BCUT2D eigenvalue weighted by Crippen LogP contribution is 2.30. The fraction of sp³-hybridized carbons (Fsp3) is 0.786. The molecule has 0 aromatic carbocycles. The first-order valence-corrected chi connectivity index (χ1v) is 7.33. The van der Waals surface area contributed by atoms with E-state index in [0.717, 1.165) is 55.7 Å². The third-order valence-electron chi connectivity index (χ3n) is 4.02. The molecule has 2 rings (SSSR count). The number of aliphatic hydroxyl groups is 1. The highest BCUT2D eigenvalue weighted by Gasteiger charge is 2.29. The van der Waals surface area contributed by atoms with E-state index in [-0.39, 0.29) is 0 Å². The van der Waals surface area contributed by atoms with Crippen LogP contribution in [0.4, 0.5) is 11.5 Å². The van der Waals surface area contributed by atoms with Crippen molar-refractivity contribution in [3.8, 4) is 0 Å². The summed E-state index contributed by atoms with van der Waals surface area (Å²) in [6, 6.07) is 0. The van der Waals surface area contributed by atoms with E-state index in [1.54, 1.807) is 4.68 Å². The minimum atomic E-state index is -0.583. The number of nitrogens with two attached hydrogens (primary N) is 1. The van der Waals surface area contributed by atoms with E-state index in [0.29, 0.717) is 6.54 Å². The van der Waals surface area contributed by atoms with E-state index in [4.69, 9.17) is 5.73 Å². The summed E-state index contributed by atoms with van der Waals surface area (Å²) in [5, 5.41) is 18.2. The van der Waals surface area contributed by atoms with Gasteiger partial charge in [0.05, 0.1) is 17.0 Å². The molecular weight excluding hydrogens is 240 g/mol. The summed E-state index contributed by atoms with van der Waals surface area (Å²) >= 11 is 0. The van der Waals surface area contributed by atoms with Gasteiger partial charge in [-0.05, 0) is 19.3 Å². The molecule has 0 unspecified atom stereocenters. The van der Waals surface area contributed by atoms with E-state index in [1.807, 2.05) is 7.05 Å². The van der Waals surface area contributed by atoms with Crippen LogP contribution in [0.3, 0.4) is 0 Å². The van der Waals surface area contributed by atoms with Crippen molar-refractivity contribution in [2.45, 2.75) is 57.5 Å². The van der Waals surface area contributed by atoms with Crippen molar-refractivity contribution in [2.24, 2.45) is 7.05 Å². The van der Waals surface area contributed by atoms with Gasteiger partial charge in [-0.25, -0.2) is 0 Å². The van der Waals surface area contributed by atoms with Crippen molar-refractivity contribution in [3.05, 3.63) is 5.69 Å². The van der Waals surface area contributed by atoms with Gasteiger partial charge in [-0.15, -0.1) is 0 Å². The van der Waals surface area contributed by atoms with Crippen LogP contribution in [0.5, 0.6) is 0 Å². The summed E-state index contributed by atoms with van der Waals surface area (Å²) in [4.78, 5) is 0. The lowest BCUT2D eigenvalue weighted by Crippen LogP contribution is -2.39. The van der Waals surface area contributed by atoms with Crippen molar-refractivity contribution in [1.82, 2.24) is 9.78 Å². The van der Waals surface area contributed by atoms with Crippen molar-refractivity contribution in [2.75, 3.05) is 17.6 Å². The number of hydrogen-bond acceptors (Lipinski definition) is 4. The van der Waals surface area contributed by atoms with Crippen molar-refractivity contribution < 1.29 is 5.11 Å². The first-order valence-electron chi connectivity index (χ1n) is 7.33. The number of nitrogen functional groups attached to an aromatic ring is 1. The molecule has 1 heterocycles. The lowest BCUT2D eigenvalue weighted by molar-refractivity contribution is 0.0166.